The first-order chi connectivity index (χ1) is 8.21. The highest BCUT2D eigenvalue weighted by Crippen LogP contribution is 2.46. The Balaban J connectivity index is 3.06. The van der Waals surface area contributed by atoms with Crippen LogP contribution >= 0.6 is 11.8 Å². The fourth-order valence-electron chi connectivity index (χ4n) is 3.38. The van der Waals surface area contributed by atoms with Crippen molar-refractivity contribution in [2.45, 2.75) is 84.4 Å². The average Bonchev–Trinajstić information content (AvgIpc) is 2.36. The molecule has 0 aliphatic carbocycles. The predicted octanol–water partition coefficient (Wildman–Crippen LogP) is 4.66. The molecule has 3 unspecified atom stereocenters. The predicted molar refractivity (Wildman–Crippen MR) is 85.4 cm³/mol. The molecule has 3 atom stereocenters. The molecule has 0 bridgehead atoms. The van der Waals surface area contributed by atoms with Gasteiger partial charge in [-0.15, -0.1) is 0 Å². The van der Waals surface area contributed by atoms with Crippen molar-refractivity contribution >= 4 is 11.8 Å². The van der Waals surface area contributed by atoms with Crippen molar-refractivity contribution in [1.29, 1.82) is 0 Å². The van der Waals surface area contributed by atoms with Gasteiger partial charge in [0.15, 0.2) is 0 Å². The van der Waals surface area contributed by atoms with E-state index in [1.807, 2.05) is 0 Å². The number of hydrogen-bond donors (Lipinski definition) is 0. The Morgan fingerprint density at radius 3 is 2.17 bits per heavy atom. The van der Waals surface area contributed by atoms with Gasteiger partial charge in [0, 0.05) is 29.1 Å². The van der Waals surface area contributed by atoms with Crippen molar-refractivity contribution in [3.05, 3.63) is 0 Å². The van der Waals surface area contributed by atoms with E-state index >= 15 is 0 Å². The van der Waals surface area contributed by atoms with Gasteiger partial charge >= 0.3 is 0 Å². The summed E-state index contributed by atoms with van der Waals surface area (Å²) in [5, 5.41) is 1.56. The molecule has 1 nitrogen and oxygen atoms in total. The second-order valence-corrected chi connectivity index (χ2v) is 8.57. The summed E-state index contributed by atoms with van der Waals surface area (Å²) in [6, 6.07) is 1.31. The molecule has 0 amide bonds. The molecule has 0 N–H and O–H groups in total. The van der Waals surface area contributed by atoms with Gasteiger partial charge in [-0.05, 0) is 38.5 Å². The van der Waals surface area contributed by atoms with E-state index < -0.39 is 0 Å². The molecule has 1 rings (SSSR count). The molecule has 1 fully saturated rings. The molecule has 0 aromatic carbocycles. The van der Waals surface area contributed by atoms with Gasteiger partial charge in [-0.3, -0.25) is 4.90 Å². The van der Waals surface area contributed by atoms with Crippen LogP contribution in [-0.4, -0.2) is 34.0 Å². The third-order valence-electron chi connectivity index (χ3n) is 4.79. The number of thioether (sulfide) groups is 1. The summed E-state index contributed by atoms with van der Waals surface area (Å²) in [6.45, 7) is 20.5. The summed E-state index contributed by atoms with van der Waals surface area (Å²) in [7, 11) is 0. The van der Waals surface area contributed by atoms with Gasteiger partial charge < -0.3 is 0 Å². The van der Waals surface area contributed by atoms with Crippen molar-refractivity contribution in [3.63, 3.8) is 0 Å². The highest BCUT2D eigenvalue weighted by molar-refractivity contribution is 8.00. The molecule has 0 spiro atoms. The molecular formula is C16H33NS. The molecule has 0 aromatic heterocycles. The minimum absolute atomic E-state index is 0.382. The van der Waals surface area contributed by atoms with E-state index in [9.17, 15) is 0 Å². The smallest absolute Gasteiger partial charge is 0.0175 e. The average molecular weight is 272 g/mol. The summed E-state index contributed by atoms with van der Waals surface area (Å²) in [4.78, 5) is 2.73. The Morgan fingerprint density at radius 2 is 1.78 bits per heavy atom. The maximum atomic E-state index is 2.73. The Morgan fingerprint density at radius 1 is 1.22 bits per heavy atom. The number of nitrogens with zero attached hydrogens (tertiary/aromatic N) is 1. The van der Waals surface area contributed by atoms with Gasteiger partial charge in [-0.1, -0.05) is 34.6 Å². The maximum absolute atomic E-state index is 2.73. The lowest BCUT2D eigenvalue weighted by Gasteiger charge is -2.44. The summed E-state index contributed by atoms with van der Waals surface area (Å²) in [5.41, 5.74) is 0.382. The molecule has 1 aliphatic heterocycles. The van der Waals surface area contributed by atoms with Crippen LogP contribution in [0.15, 0.2) is 0 Å². The fourth-order valence-corrected chi connectivity index (χ4v) is 5.11. The second-order valence-electron chi connectivity index (χ2n) is 7.12. The Hall–Kier alpha value is 0.310. The van der Waals surface area contributed by atoms with Crippen LogP contribution in [0, 0.1) is 11.3 Å². The van der Waals surface area contributed by atoms with Gasteiger partial charge in [-0.2, -0.15) is 11.8 Å². The van der Waals surface area contributed by atoms with Crippen LogP contribution in [-0.2, 0) is 0 Å². The van der Waals surface area contributed by atoms with Crippen molar-refractivity contribution in [2.24, 2.45) is 11.3 Å². The third-order valence-corrected chi connectivity index (χ3v) is 7.10. The first-order valence-electron chi connectivity index (χ1n) is 7.63. The van der Waals surface area contributed by atoms with Crippen LogP contribution in [0.2, 0.25) is 0 Å². The zero-order valence-corrected chi connectivity index (χ0v) is 14.5. The van der Waals surface area contributed by atoms with Gasteiger partial charge in [-0.25, -0.2) is 0 Å². The van der Waals surface area contributed by atoms with Crippen LogP contribution in [0.4, 0.5) is 0 Å². The monoisotopic (exact) mass is 271 g/mol. The van der Waals surface area contributed by atoms with Crippen LogP contribution in [0.1, 0.15) is 61.8 Å². The van der Waals surface area contributed by atoms with E-state index in [-0.39, 0.29) is 0 Å². The Bertz CT molecular complexity index is 260. The first kappa shape index (κ1) is 16.4. The van der Waals surface area contributed by atoms with Gasteiger partial charge in [0.25, 0.3) is 0 Å². The summed E-state index contributed by atoms with van der Waals surface area (Å²) in [6.07, 6.45) is 1.29. The lowest BCUT2D eigenvalue weighted by atomic mass is 9.76. The van der Waals surface area contributed by atoms with Crippen LogP contribution in [0.3, 0.4) is 0 Å². The molecule has 1 aliphatic rings. The molecule has 0 saturated carbocycles. The zero-order chi connectivity index (χ0) is 14.1. The molecule has 1 saturated heterocycles. The molecule has 18 heavy (non-hydrogen) atoms. The van der Waals surface area contributed by atoms with Crippen LogP contribution < -0.4 is 0 Å². The van der Waals surface area contributed by atoms with Crippen molar-refractivity contribution in [1.82, 2.24) is 4.90 Å². The normalized spacial score (nSPS) is 34.0. The molecule has 108 valence electrons. The molecule has 0 radical (unpaired) electrons. The summed E-state index contributed by atoms with van der Waals surface area (Å²) < 4.78 is 0. The van der Waals surface area contributed by atoms with Gasteiger partial charge in [0.05, 0.1) is 0 Å². The molecule has 2 heteroatoms. The van der Waals surface area contributed by atoms with E-state index in [0.717, 1.165) is 16.4 Å². The lowest BCUT2D eigenvalue weighted by molar-refractivity contribution is 0.0704. The Labute approximate surface area is 119 Å². The van der Waals surface area contributed by atoms with E-state index in [2.05, 4.69) is 72.1 Å². The van der Waals surface area contributed by atoms with Crippen molar-refractivity contribution in [3.8, 4) is 0 Å². The molecular weight excluding hydrogens is 238 g/mol. The zero-order valence-electron chi connectivity index (χ0n) is 13.7. The molecule has 1 heterocycles. The van der Waals surface area contributed by atoms with E-state index in [1.165, 1.54) is 13.0 Å². The highest BCUT2D eigenvalue weighted by atomic mass is 32.2. The van der Waals surface area contributed by atoms with Crippen molar-refractivity contribution < 1.29 is 0 Å². The van der Waals surface area contributed by atoms with E-state index in [0.29, 0.717) is 17.5 Å². The summed E-state index contributed by atoms with van der Waals surface area (Å²) >= 11 is 2.25. The third kappa shape index (κ3) is 3.25. The van der Waals surface area contributed by atoms with Crippen LogP contribution in [0.5, 0.6) is 0 Å². The SMILES string of the molecule is CCC1CN(C(C)C)C(C)C(C)(C)C(C(C)C)S1. The topological polar surface area (TPSA) is 3.24 Å². The maximum Gasteiger partial charge on any atom is 0.0175 e. The van der Waals surface area contributed by atoms with Gasteiger partial charge in [0.1, 0.15) is 0 Å². The number of hydrogen-bond acceptors (Lipinski definition) is 2. The standard InChI is InChI=1S/C16H33NS/c1-9-14-10-17(12(4)5)13(6)16(7,8)15(18-14)11(2)3/h11-15H,9-10H2,1-8H3. The second kappa shape index (κ2) is 6.17. The van der Waals surface area contributed by atoms with Crippen molar-refractivity contribution in [2.75, 3.05) is 6.54 Å². The minimum Gasteiger partial charge on any atom is -0.297 e. The first-order valence-corrected chi connectivity index (χ1v) is 8.57. The highest BCUT2D eigenvalue weighted by Gasteiger charge is 2.44. The van der Waals surface area contributed by atoms with Gasteiger partial charge in [0.2, 0.25) is 0 Å². The fraction of sp³-hybridized carbons (Fsp3) is 1.00. The van der Waals surface area contributed by atoms with E-state index in [4.69, 9.17) is 0 Å². The lowest BCUT2D eigenvalue weighted by Crippen LogP contribution is -2.50. The molecule has 0 aromatic rings. The quantitative estimate of drug-likeness (QED) is 0.734. The Kier molecular flexibility index (Phi) is 5.61. The largest absolute Gasteiger partial charge is 0.297 e. The van der Waals surface area contributed by atoms with Crippen LogP contribution in [0.25, 0.3) is 0 Å². The van der Waals surface area contributed by atoms with E-state index in [1.54, 1.807) is 0 Å². The number of rotatable bonds is 3. The minimum atomic E-state index is 0.382. The summed E-state index contributed by atoms with van der Waals surface area (Å²) in [5.74, 6) is 0.758.